The molecule has 0 aliphatic carbocycles. The first-order valence-corrected chi connectivity index (χ1v) is 8.48. The third-order valence-corrected chi connectivity index (χ3v) is 5.03. The lowest BCUT2D eigenvalue weighted by Crippen LogP contribution is -2.14. The Morgan fingerprint density at radius 3 is 2.65 bits per heavy atom. The molecule has 0 spiro atoms. The lowest BCUT2D eigenvalue weighted by Gasteiger charge is -2.19. The Kier molecular flexibility index (Phi) is 3.10. The van der Waals surface area contributed by atoms with Crippen molar-refractivity contribution in [2.24, 2.45) is 0 Å². The summed E-state index contributed by atoms with van der Waals surface area (Å²) in [5.41, 5.74) is 4.24. The van der Waals surface area contributed by atoms with Crippen molar-refractivity contribution >= 4 is 21.6 Å². The van der Waals surface area contributed by atoms with Crippen LogP contribution >= 0.6 is 11.3 Å². The van der Waals surface area contributed by atoms with Crippen LogP contribution in [0.4, 0.5) is 0 Å². The average molecular weight is 326 g/mol. The molecule has 0 bridgehead atoms. The molecule has 0 atom stereocenters. The van der Waals surface area contributed by atoms with E-state index in [0.29, 0.717) is 0 Å². The molecule has 0 radical (unpaired) electrons. The Morgan fingerprint density at radius 1 is 1.09 bits per heavy atom. The van der Waals surface area contributed by atoms with Crippen molar-refractivity contribution in [3.63, 3.8) is 0 Å². The minimum absolute atomic E-state index is 0.0381. The third kappa shape index (κ3) is 2.36. The molecule has 2 aromatic heterocycles. The summed E-state index contributed by atoms with van der Waals surface area (Å²) in [6.45, 7) is 8.94. The van der Waals surface area contributed by atoms with Crippen LogP contribution in [0.15, 0.2) is 23.6 Å². The summed E-state index contributed by atoms with van der Waals surface area (Å²) in [5, 5.41) is 2.15. The number of fused-ring (bicyclic) bond motifs is 2. The van der Waals surface area contributed by atoms with Gasteiger partial charge >= 0.3 is 0 Å². The molecule has 23 heavy (non-hydrogen) atoms. The molecule has 0 N–H and O–H groups in total. The fourth-order valence-electron chi connectivity index (χ4n) is 2.71. The molecule has 5 heteroatoms. The van der Waals surface area contributed by atoms with Crippen molar-refractivity contribution in [2.75, 3.05) is 6.79 Å². The zero-order valence-electron chi connectivity index (χ0n) is 13.6. The second-order valence-electron chi connectivity index (χ2n) is 6.81. The summed E-state index contributed by atoms with van der Waals surface area (Å²) in [6, 6.07) is 5.86. The van der Waals surface area contributed by atoms with E-state index in [1.54, 1.807) is 11.3 Å². The van der Waals surface area contributed by atoms with E-state index in [1.807, 2.05) is 18.2 Å². The molecule has 4 nitrogen and oxygen atoms in total. The Hall–Kier alpha value is -2.14. The van der Waals surface area contributed by atoms with E-state index in [1.165, 1.54) is 10.3 Å². The molecule has 3 aromatic rings. The van der Waals surface area contributed by atoms with Gasteiger partial charge in [-0.3, -0.25) is 0 Å². The van der Waals surface area contributed by atoms with E-state index in [2.05, 4.69) is 33.1 Å². The number of rotatable bonds is 1. The number of aromatic nitrogens is 2. The molecule has 118 valence electrons. The second kappa shape index (κ2) is 4.93. The van der Waals surface area contributed by atoms with E-state index >= 15 is 0 Å². The summed E-state index contributed by atoms with van der Waals surface area (Å²) in [4.78, 5) is 9.69. The maximum atomic E-state index is 5.48. The van der Waals surface area contributed by atoms with E-state index in [-0.39, 0.29) is 12.2 Å². The molecule has 0 fully saturated rings. The van der Waals surface area contributed by atoms with Crippen LogP contribution in [0, 0.1) is 6.92 Å². The van der Waals surface area contributed by atoms with Crippen LogP contribution in [0.3, 0.4) is 0 Å². The Bertz CT molecular complexity index is 909. The van der Waals surface area contributed by atoms with Crippen LogP contribution in [-0.2, 0) is 5.41 Å². The highest BCUT2D eigenvalue weighted by Crippen LogP contribution is 2.38. The predicted molar refractivity (Wildman–Crippen MR) is 92.4 cm³/mol. The topological polar surface area (TPSA) is 44.2 Å². The first-order chi connectivity index (χ1) is 10.9. The summed E-state index contributed by atoms with van der Waals surface area (Å²) >= 11 is 1.72. The van der Waals surface area contributed by atoms with Crippen LogP contribution in [0.2, 0.25) is 0 Å². The molecule has 1 aliphatic rings. The van der Waals surface area contributed by atoms with Gasteiger partial charge in [0.2, 0.25) is 6.79 Å². The van der Waals surface area contributed by atoms with E-state index < -0.39 is 0 Å². The van der Waals surface area contributed by atoms with E-state index in [9.17, 15) is 0 Å². The number of thiophene rings is 1. The number of hydrogen-bond acceptors (Lipinski definition) is 5. The van der Waals surface area contributed by atoms with E-state index in [4.69, 9.17) is 19.4 Å². The highest BCUT2D eigenvalue weighted by Gasteiger charge is 2.23. The average Bonchev–Trinajstić information content (AvgIpc) is 3.11. The van der Waals surface area contributed by atoms with Crippen LogP contribution < -0.4 is 9.47 Å². The third-order valence-electron chi connectivity index (χ3n) is 3.93. The summed E-state index contributed by atoms with van der Waals surface area (Å²) in [6.07, 6.45) is 0. The molecular formula is C18H18N2O2S. The molecule has 0 saturated carbocycles. The lowest BCUT2D eigenvalue weighted by molar-refractivity contribution is 0.174. The lowest BCUT2D eigenvalue weighted by atomic mass is 9.91. The van der Waals surface area contributed by atoms with Crippen LogP contribution in [0.1, 0.15) is 32.0 Å². The first-order valence-electron chi connectivity index (χ1n) is 7.60. The number of nitrogens with zero attached hydrogens (tertiary/aromatic N) is 2. The smallest absolute Gasteiger partial charge is 0.231 e. The summed E-state index contributed by atoms with van der Waals surface area (Å²) in [7, 11) is 0. The monoisotopic (exact) mass is 326 g/mol. The van der Waals surface area contributed by atoms with Crippen molar-refractivity contribution < 1.29 is 9.47 Å². The van der Waals surface area contributed by atoms with Crippen molar-refractivity contribution in [3.8, 4) is 22.9 Å². The molecule has 4 rings (SSSR count). The van der Waals surface area contributed by atoms with Gasteiger partial charge in [0.1, 0.15) is 0 Å². The molecule has 0 saturated heterocycles. The fraction of sp³-hybridized carbons (Fsp3) is 0.333. The van der Waals surface area contributed by atoms with Crippen LogP contribution in [0.5, 0.6) is 11.5 Å². The molecule has 0 amide bonds. The van der Waals surface area contributed by atoms with Crippen LogP contribution in [-0.4, -0.2) is 16.8 Å². The maximum Gasteiger partial charge on any atom is 0.231 e. The van der Waals surface area contributed by atoms with Gasteiger partial charge < -0.3 is 9.47 Å². The number of aryl methyl sites for hydroxylation is 1. The molecule has 0 unspecified atom stereocenters. The highest BCUT2D eigenvalue weighted by atomic mass is 32.1. The van der Waals surface area contributed by atoms with Crippen LogP contribution in [0.25, 0.3) is 21.6 Å². The number of benzene rings is 1. The van der Waals surface area contributed by atoms with Gasteiger partial charge in [-0.25, -0.2) is 9.97 Å². The Balaban J connectivity index is 1.95. The van der Waals surface area contributed by atoms with Crippen molar-refractivity contribution in [3.05, 3.63) is 34.8 Å². The molecule has 1 aliphatic heterocycles. The summed E-state index contributed by atoms with van der Waals surface area (Å²) in [5.74, 6) is 2.27. The van der Waals surface area contributed by atoms with E-state index in [0.717, 1.165) is 34.1 Å². The quantitative estimate of drug-likeness (QED) is 0.650. The van der Waals surface area contributed by atoms with Gasteiger partial charge in [0.05, 0.1) is 15.9 Å². The SMILES string of the molecule is Cc1csc2c(C(C)(C)C)nc(-c3ccc4c(c3)OCO4)nc12. The predicted octanol–water partition coefficient (Wildman–Crippen LogP) is 4.69. The summed E-state index contributed by atoms with van der Waals surface area (Å²) < 4.78 is 12.0. The first kappa shape index (κ1) is 14.5. The molecular weight excluding hydrogens is 308 g/mol. The Morgan fingerprint density at radius 2 is 1.87 bits per heavy atom. The molecule has 3 heterocycles. The zero-order valence-corrected chi connectivity index (χ0v) is 14.5. The number of ether oxygens (including phenoxy) is 2. The minimum atomic E-state index is -0.0381. The minimum Gasteiger partial charge on any atom is -0.454 e. The van der Waals surface area contributed by atoms with Gasteiger partial charge in [-0.15, -0.1) is 11.3 Å². The zero-order chi connectivity index (χ0) is 16.2. The van der Waals surface area contributed by atoms with Gasteiger partial charge in [0.25, 0.3) is 0 Å². The highest BCUT2D eigenvalue weighted by molar-refractivity contribution is 7.17. The van der Waals surface area contributed by atoms with Gasteiger partial charge in [0, 0.05) is 11.0 Å². The second-order valence-corrected chi connectivity index (χ2v) is 7.69. The normalized spacial score (nSPS) is 13.7. The maximum absolute atomic E-state index is 5.48. The van der Waals surface area contributed by atoms with Gasteiger partial charge in [-0.2, -0.15) is 0 Å². The molecule has 1 aromatic carbocycles. The Labute approximate surface area is 139 Å². The van der Waals surface area contributed by atoms with Gasteiger partial charge in [0.15, 0.2) is 17.3 Å². The number of hydrogen-bond donors (Lipinski definition) is 0. The fourth-order valence-corrected chi connectivity index (χ4v) is 3.89. The van der Waals surface area contributed by atoms with Crippen molar-refractivity contribution in [1.82, 2.24) is 9.97 Å². The van der Waals surface area contributed by atoms with Gasteiger partial charge in [-0.05, 0) is 36.1 Å². The standard InChI is InChI=1S/C18H18N2O2S/c1-10-8-23-15-14(10)19-17(20-16(15)18(2,3)4)11-5-6-12-13(7-11)22-9-21-12/h5-8H,9H2,1-4H3. The van der Waals surface area contributed by atoms with Crippen molar-refractivity contribution in [1.29, 1.82) is 0 Å². The van der Waals surface area contributed by atoms with Gasteiger partial charge in [-0.1, -0.05) is 20.8 Å². The largest absolute Gasteiger partial charge is 0.454 e. The van der Waals surface area contributed by atoms with Crippen molar-refractivity contribution in [2.45, 2.75) is 33.1 Å².